The zero-order chi connectivity index (χ0) is 11.2. The Labute approximate surface area is 97.5 Å². The lowest BCUT2D eigenvalue weighted by molar-refractivity contribution is -0.000470. The van der Waals surface area contributed by atoms with Crippen molar-refractivity contribution in [3.63, 3.8) is 0 Å². The van der Waals surface area contributed by atoms with Crippen LogP contribution < -0.4 is 5.43 Å². The van der Waals surface area contributed by atoms with E-state index in [1.165, 1.54) is 19.3 Å². The molecule has 0 aromatic heterocycles. The van der Waals surface area contributed by atoms with Gasteiger partial charge in [-0.2, -0.15) is 5.26 Å². The first-order chi connectivity index (χ1) is 7.90. The van der Waals surface area contributed by atoms with Gasteiger partial charge in [0, 0.05) is 19.1 Å². The van der Waals surface area contributed by atoms with E-state index in [0.29, 0.717) is 6.04 Å². The molecule has 2 fully saturated rings. The smallest absolute Gasteiger partial charge is 0.0672 e. The predicted molar refractivity (Wildman–Crippen MR) is 61.5 cm³/mol. The summed E-state index contributed by atoms with van der Waals surface area (Å²) >= 11 is 0. The summed E-state index contributed by atoms with van der Waals surface area (Å²) in [5.74, 6) is 0.186. The highest BCUT2D eigenvalue weighted by Gasteiger charge is 2.25. The molecular formula is C12H21N3O. The first-order valence-corrected chi connectivity index (χ1v) is 6.38. The van der Waals surface area contributed by atoms with Crippen LogP contribution in [0, 0.1) is 17.2 Å². The zero-order valence-electron chi connectivity index (χ0n) is 9.82. The molecule has 1 heterocycles. The van der Waals surface area contributed by atoms with Gasteiger partial charge < -0.3 is 4.74 Å². The zero-order valence-corrected chi connectivity index (χ0v) is 9.82. The van der Waals surface area contributed by atoms with E-state index in [4.69, 9.17) is 4.74 Å². The number of rotatable bonds is 2. The number of nitrogens with one attached hydrogen (secondary N) is 1. The molecule has 0 spiro atoms. The second kappa shape index (κ2) is 6.19. The van der Waals surface area contributed by atoms with Gasteiger partial charge in [-0.05, 0) is 12.8 Å². The maximum atomic E-state index is 9.18. The molecule has 0 radical (unpaired) electrons. The summed E-state index contributed by atoms with van der Waals surface area (Å²) in [6, 6.07) is 2.82. The minimum atomic E-state index is 0.186. The van der Waals surface area contributed by atoms with Gasteiger partial charge in [-0.1, -0.05) is 19.3 Å². The van der Waals surface area contributed by atoms with Crippen LogP contribution in [0.5, 0.6) is 0 Å². The summed E-state index contributed by atoms with van der Waals surface area (Å²) in [6.07, 6.45) is 5.92. The van der Waals surface area contributed by atoms with Crippen molar-refractivity contribution in [1.82, 2.24) is 10.4 Å². The van der Waals surface area contributed by atoms with Gasteiger partial charge >= 0.3 is 0 Å². The van der Waals surface area contributed by atoms with E-state index in [1.807, 2.05) is 0 Å². The average molecular weight is 223 g/mol. The van der Waals surface area contributed by atoms with Crippen LogP contribution in [0.3, 0.4) is 0 Å². The monoisotopic (exact) mass is 223 g/mol. The van der Waals surface area contributed by atoms with E-state index >= 15 is 0 Å². The van der Waals surface area contributed by atoms with Crippen molar-refractivity contribution < 1.29 is 4.74 Å². The fourth-order valence-corrected chi connectivity index (χ4v) is 2.54. The van der Waals surface area contributed by atoms with Crippen LogP contribution in [0.15, 0.2) is 0 Å². The summed E-state index contributed by atoms with van der Waals surface area (Å²) < 4.78 is 5.32. The Hall–Kier alpha value is -0.630. The van der Waals surface area contributed by atoms with Crippen molar-refractivity contribution in [3.05, 3.63) is 0 Å². The third-order valence-corrected chi connectivity index (χ3v) is 3.54. The van der Waals surface area contributed by atoms with Crippen molar-refractivity contribution in [1.29, 1.82) is 5.26 Å². The van der Waals surface area contributed by atoms with Crippen molar-refractivity contribution in [3.8, 4) is 6.07 Å². The quantitative estimate of drug-likeness (QED) is 0.717. The first kappa shape index (κ1) is 11.8. The number of hydrazine groups is 1. The number of ether oxygens (including phenoxy) is 1. The fraction of sp³-hybridized carbons (Fsp3) is 0.917. The fourth-order valence-electron chi connectivity index (χ4n) is 2.54. The van der Waals surface area contributed by atoms with Crippen LogP contribution in [0.4, 0.5) is 0 Å². The Morgan fingerprint density at radius 3 is 2.62 bits per heavy atom. The van der Waals surface area contributed by atoms with Gasteiger partial charge in [0.15, 0.2) is 0 Å². The molecule has 16 heavy (non-hydrogen) atoms. The molecule has 0 bridgehead atoms. The maximum absolute atomic E-state index is 9.18. The average Bonchev–Trinajstić information content (AvgIpc) is 2.55. The SMILES string of the molecule is N#CC1CCCCCC1NN1CCOCC1. The Morgan fingerprint density at radius 1 is 1.12 bits per heavy atom. The molecule has 4 nitrogen and oxygen atoms in total. The number of nitrogens with zero attached hydrogens (tertiary/aromatic N) is 2. The lowest BCUT2D eigenvalue weighted by atomic mass is 9.97. The topological polar surface area (TPSA) is 48.3 Å². The van der Waals surface area contributed by atoms with Crippen LogP contribution in [-0.4, -0.2) is 37.4 Å². The molecule has 0 aromatic rings. The third kappa shape index (κ3) is 3.18. The minimum Gasteiger partial charge on any atom is -0.379 e. The molecule has 2 atom stereocenters. The van der Waals surface area contributed by atoms with Crippen molar-refractivity contribution in [2.75, 3.05) is 26.3 Å². The minimum absolute atomic E-state index is 0.186. The lowest BCUT2D eigenvalue weighted by Gasteiger charge is -2.32. The molecule has 4 heteroatoms. The van der Waals surface area contributed by atoms with Crippen molar-refractivity contribution in [2.24, 2.45) is 5.92 Å². The van der Waals surface area contributed by atoms with E-state index in [-0.39, 0.29) is 5.92 Å². The van der Waals surface area contributed by atoms with Gasteiger partial charge in [0.2, 0.25) is 0 Å². The predicted octanol–water partition coefficient (Wildman–Crippen LogP) is 1.30. The van der Waals surface area contributed by atoms with Gasteiger partial charge in [-0.3, -0.25) is 5.43 Å². The van der Waals surface area contributed by atoms with Crippen molar-refractivity contribution >= 4 is 0 Å². The highest BCUT2D eigenvalue weighted by molar-refractivity contribution is 4.93. The molecule has 1 saturated heterocycles. The van der Waals surface area contributed by atoms with E-state index < -0.39 is 0 Å². The lowest BCUT2D eigenvalue weighted by Crippen LogP contribution is -2.52. The summed E-state index contributed by atoms with van der Waals surface area (Å²) in [7, 11) is 0. The van der Waals surface area contributed by atoms with E-state index in [2.05, 4.69) is 16.5 Å². The second-order valence-electron chi connectivity index (χ2n) is 4.71. The highest BCUT2D eigenvalue weighted by atomic mass is 16.5. The molecule has 0 amide bonds. The Kier molecular flexibility index (Phi) is 4.58. The van der Waals surface area contributed by atoms with Gasteiger partial charge in [0.05, 0.1) is 25.2 Å². The van der Waals surface area contributed by atoms with Crippen LogP contribution >= 0.6 is 0 Å². The molecule has 0 aromatic carbocycles. The van der Waals surface area contributed by atoms with E-state index in [9.17, 15) is 5.26 Å². The Bertz CT molecular complexity index is 245. The molecule has 90 valence electrons. The highest BCUT2D eigenvalue weighted by Crippen LogP contribution is 2.23. The molecular weight excluding hydrogens is 202 g/mol. The molecule has 1 aliphatic carbocycles. The van der Waals surface area contributed by atoms with Gasteiger partial charge in [-0.15, -0.1) is 0 Å². The molecule has 1 N–H and O–H groups in total. The third-order valence-electron chi connectivity index (χ3n) is 3.54. The number of nitriles is 1. The Balaban J connectivity index is 1.87. The Morgan fingerprint density at radius 2 is 1.88 bits per heavy atom. The van der Waals surface area contributed by atoms with E-state index in [1.54, 1.807) is 0 Å². The summed E-state index contributed by atoms with van der Waals surface area (Å²) in [6.45, 7) is 3.48. The standard InChI is InChI=1S/C12H21N3O/c13-10-11-4-2-1-3-5-12(11)14-15-6-8-16-9-7-15/h11-12,14H,1-9H2. The molecule has 1 saturated carbocycles. The normalized spacial score (nSPS) is 32.9. The summed E-state index contributed by atoms with van der Waals surface area (Å²) in [5.41, 5.74) is 3.53. The summed E-state index contributed by atoms with van der Waals surface area (Å²) in [5, 5.41) is 11.4. The first-order valence-electron chi connectivity index (χ1n) is 6.38. The van der Waals surface area contributed by atoms with Gasteiger partial charge in [-0.25, -0.2) is 5.01 Å². The molecule has 2 aliphatic rings. The summed E-state index contributed by atoms with van der Waals surface area (Å²) in [4.78, 5) is 0. The number of morpholine rings is 1. The largest absolute Gasteiger partial charge is 0.379 e. The number of hydrogen-bond acceptors (Lipinski definition) is 4. The van der Waals surface area contributed by atoms with E-state index in [0.717, 1.165) is 39.1 Å². The maximum Gasteiger partial charge on any atom is 0.0672 e. The molecule has 1 aliphatic heterocycles. The molecule has 2 rings (SSSR count). The second-order valence-corrected chi connectivity index (χ2v) is 4.71. The van der Waals surface area contributed by atoms with Gasteiger partial charge in [0.25, 0.3) is 0 Å². The number of hydrogen-bond donors (Lipinski definition) is 1. The van der Waals surface area contributed by atoms with Crippen molar-refractivity contribution in [2.45, 2.75) is 38.1 Å². The molecule has 2 unspecified atom stereocenters. The van der Waals surface area contributed by atoms with Crippen LogP contribution in [0.2, 0.25) is 0 Å². The van der Waals surface area contributed by atoms with Gasteiger partial charge in [0.1, 0.15) is 0 Å². The van der Waals surface area contributed by atoms with Crippen LogP contribution in [0.25, 0.3) is 0 Å². The van der Waals surface area contributed by atoms with Crippen LogP contribution in [-0.2, 0) is 4.74 Å². The van der Waals surface area contributed by atoms with Crippen LogP contribution in [0.1, 0.15) is 32.1 Å².